The second kappa shape index (κ2) is 15.6. The minimum absolute atomic E-state index is 0.143. The number of rotatable bonds is 14. The van der Waals surface area contributed by atoms with Crippen LogP contribution in [0.1, 0.15) is 58.3 Å². The second-order valence-electron chi connectivity index (χ2n) is 12.1. The molecular formula is C29H42N4O11. The predicted octanol–water partition coefficient (Wildman–Crippen LogP) is 3.37. The first kappa shape index (κ1) is 36.1. The number of ether oxygens (including phenoxy) is 6. The third kappa shape index (κ3) is 10.9. The van der Waals surface area contributed by atoms with Gasteiger partial charge in [0.15, 0.2) is 17.6 Å². The van der Waals surface area contributed by atoms with Crippen molar-refractivity contribution < 1.29 is 52.7 Å². The summed E-state index contributed by atoms with van der Waals surface area (Å²) in [6.45, 7) is 11.4. The van der Waals surface area contributed by atoms with Crippen LogP contribution in [0.15, 0.2) is 23.3 Å². The van der Waals surface area contributed by atoms with Gasteiger partial charge in [-0.3, -0.25) is 14.4 Å². The van der Waals surface area contributed by atoms with E-state index in [9.17, 15) is 24.3 Å². The molecule has 1 aromatic rings. The number of carbonyl (C=O) groups excluding carboxylic acids is 4. The normalized spacial score (nSPS) is 20.1. The van der Waals surface area contributed by atoms with E-state index >= 15 is 0 Å². The van der Waals surface area contributed by atoms with Crippen molar-refractivity contribution in [2.75, 3.05) is 40.5 Å². The molecular weight excluding hydrogens is 580 g/mol. The van der Waals surface area contributed by atoms with Crippen LogP contribution in [0.4, 0.5) is 0 Å². The van der Waals surface area contributed by atoms with Crippen molar-refractivity contribution in [3.8, 4) is 11.5 Å². The number of nitrogens with zero attached hydrogens (tertiary/aromatic N) is 4. The Morgan fingerprint density at radius 1 is 1.09 bits per heavy atom. The Labute approximate surface area is 256 Å². The Morgan fingerprint density at radius 2 is 1.73 bits per heavy atom. The summed E-state index contributed by atoms with van der Waals surface area (Å²) in [5, 5.41) is 14.4. The van der Waals surface area contributed by atoms with Gasteiger partial charge >= 0.3 is 17.9 Å². The minimum Gasteiger partial charge on any atom is -0.504 e. The SMILES string of the molecule is COC(=O)[C@@H]1C[C@H](OC(C)=O)[C@@H](OC(C)=O)[C@H](Oc2ccc(C(=O)N(C)CC(C)(C)COCC(C)(C)CN=[N+]=[N-])cc2O)O1. The van der Waals surface area contributed by atoms with Gasteiger partial charge in [0.05, 0.1) is 20.3 Å². The molecule has 15 nitrogen and oxygen atoms in total. The monoisotopic (exact) mass is 622 g/mol. The molecule has 1 aliphatic rings. The van der Waals surface area contributed by atoms with Gasteiger partial charge in [0.1, 0.15) is 6.10 Å². The number of hydrogen-bond donors (Lipinski definition) is 1. The Morgan fingerprint density at radius 3 is 2.30 bits per heavy atom. The summed E-state index contributed by atoms with van der Waals surface area (Å²) in [6, 6.07) is 3.97. The Bertz CT molecular complexity index is 1250. The fourth-order valence-corrected chi connectivity index (χ4v) is 4.57. The lowest BCUT2D eigenvalue weighted by molar-refractivity contribution is -0.251. The number of phenols is 1. The van der Waals surface area contributed by atoms with Crippen molar-refractivity contribution in [1.29, 1.82) is 0 Å². The van der Waals surface area contributed by atoms with E-state index in [1.165, 1.54) is 23.1 Å². The number of amides is 1. The molecule has 1 amide bonds. The van der Waals surface area contributed by atoms with Gasteiger partial charge in [0.2, 0.25) is 12.4 Å². The van der Waals surface area contributed by atoms with Crippen LogP contribution in [0.5, 0.6) is 11.5 Å². The van der Waals surface area contributed by atoms with Crippen molar-refractivity contribution in [1.82, 2.24) is 4.90 Å². The highest BCUT2D eigenvalue weighted by atomic mass is 16.7. The van der Waals surface area contributed by atoms with Gasteiger partial charge in [-0.2, -0.15) is 0 Å². The largest absolute Gasteiger partial charge is 0.504 e. The molecule has 0 aromatic heterocycles. The summed E-state index contributed by atoms with van der Waals surface area (Å²) in [5.74, 6) is -3.13. The first-order chi connectivity index (χ1) is 20.5. The molecule has 0 spiro atoms. The van der Waals surface area contributed by atoms with E-state index in [1.54, 1.807) is 7.05 Å². The molecule has 1 saturated heterocycles. The molecule has 1 heterocycles. The molecule has 44 heavy (non-hydrogen) atoms. The Kier molecular flexibility index (Phi) is 12.8. The van der Waals surface area contributed by atoms with Crippen molar-refractivity contribution in [3.05, 3.63) is 34.2 Å². The number of benzene rings is 1. The van der Waals surface area contributed by atoms with Gasteiger partial charge in [-0.25, -0.2) is 4.79 Å². The summed E-state index contributed by atoms with van der Waals surface area (Å²) < 4.78 is 32.7. The zero-order valence-electron chi connectivity index (χ0n) is 26.4. The Hall–Kier alpha value is -4.07. The first-order valence-electron chi connectivity index (χ1n) is 13.9. The number of carbonyl (C=O) groups is 4. The predicted molar refractivity (Wildman–Crippen MR) is 154 cm³/mol. The van der Waals surface area contributed by atoms with E-state index < -0.39 is 53.7 Å². The zero-order valence-corrected chi connectivity index (χ0v) is 26.4. The number of esters is 3. The average Bonchev–Trinajstić information content (AvgIpc) is 2.92. The third-order valence-electron chi connectivity index (χ3n) is 6.47. The topological polar surface area (TPSA) is 196 Å². The molecule has 0 aliphatic carbocycles. The highest BCUT2D eigenvalue weighted by Gasteiger charge is 2.47. The molecule has 0 radical (unpaired) electrons. The number of phenolic OH excluding ortho intramolecular Hbond substituents is 1. The van der Waals surface area contributed by atoms with E-state index in [1.807, 2.05) is 27.7 Å². The van der Waals surface area contributed by atoms with Crippen LogP contribution in [0.2, 0.25) is 0 Å². The highest BCUT2D eigenvalue weighted by molar-refractivity contribution is 5.94. The fraction of sp³-hybridized carbons (Fsp3) is 0.655. The van der Waals surface area contributed by atoms with Crippen LogP contribution < -0.4 is 4.74 Å². The maximum atomic E-state index is 13.2. The van der Waals surface area contributed by atoms with E-state index in [0.29, 0.717) is 26.3 Å². The van der Waals surface area contributed by atoms with Crippen molar-refractivity contribution >= 4 is 23.8 Å². The number of azide groups is 1. The Balaban J connectivity index is 2.16. The molecule has 15 heteroatoms. The lowest BCUT2D eigenvalue weighted by Crippen LogP contribution is -2.55. The molecule has 1 aliphatic heterocycles. The van der Waals surface area contributed by atoms with E-state index in [4.69, 9.17) is 34.0 Å². The van der Waals surface area contributed by atoms with Gasteiger partial charge in [-0.1, -0.05) is 32.8 Å². The lowest BCUT2D eigenvalue weighted by Gasteiger charge is -2.39. The van der Waals surface area contributed by atoms with Crippen LogP contribution in [-0.2, 0) is 38.1 Å². The maximum absolute atomic E-state index is 13.2. The smallest absolute Gasteiger partial charge is 0.335 e. The second-order valence-corrected chi connectivity index (χ2v) is 12.1. The molecule has 244 valence electrons. The van der Waals surface area contributed by atoms with Crippen LogP contribution in [0, 0.1) is 10.8 Å². The van der Waals surface area contributed by atoms with Crippen molar-refractivity contribution in [2.24, 2.45) is 15.9 Å². The fourth-order valence-electron chi connectivity index (χ4n) is 4.57. The van der Waals surface area contributed by atoms with Gasteiger partial charge in [0, 0.05) is 56.3 Å². The summed E-state index contributed by atoms with van der Waals surface area (Å²) in [7, 11) is 2.78. The molecule has 0 unspecified atom stereocenters. The summed E-state index contributed by atoms with van der Waals surface area (Å²) in [6.07, 6.45) is -5.25. The molecule has 0 saturated carbocycles. The molecule has 1 fully saturated rings. The molecule has 0 bridgehead atoms. The van der Waals surface area contributed by atoms with Crippen LogP contribution >= 0.6 is 0 Å². The average molecular weight is 623 g/mol. The summed E-state index contributed by atoms with van der Waals surface area (Å²) in [5.41, 5.74) is 7.95. The van der Waals surface area contributed by atoms with Gasteiger partial charge < -0.3 is 38.4 Å². The first-order valence-corrected chi connectivity index (χ1v) is 13.9. The highest BCUT2D eigenvalue weighted by Crippen LogP contribution is 2.33. The minimum atomic E-state index is -1.48. The molecule has 2 rings (SSSR count). The summed E-state index contributed by atoms with van der Waals surface area (Å²) >= 11 is 0. The maximum Gasteiger partial charge on any atom is 0.335 e. The van der Waals surface area contributed by atoms with Crippen molar-refractivity contribution in [3.63, 3.8) is 0 Å². The number of aromatic hydroxyl groups is 1. The van der Waals surface area contributed by atoms with Crippen LogP contribution in [0.3, 0.4) is 0 Å². The molecule has 1 aromatic carbocycles. The summed E-state index contributed by atoms with van der Waals surface area (Å²) in [4.78, 5) is 53.3. The van der Waals surface area contributed by atoms with E-state index in [-0.39, 0.29) is 29.1 Å². The standard InChI is InChI=1S/C29H42N4O11/c1-17(34)41-22-12-23(26(38)39-8)44-27(24(22)42-18(2)35)43-21-10-9-19(11-20(21)36)25(37)33(7)14-29(5,6)16-40-15-28(3,4)13-31-32-30/h9-11,22-24,27,36H,12-16H2,1-8H3/t22-,23-,24+,27+/m0/s1. The molecule has 1 N–H and O–H groups in total. The van der Waals surface area contributed by atoms with Gasteiger partial charge in [-0.05, 0) is 29.1 Å². The van der Waals surface area contributed by atoms with Crippen molar-refractivity contribution in [2.45, 2.75) is 72.6 Å². The quantitative estimate of drug-likeness (QED) is 0.105. The molecule has 4 atom stereocenters. The van der Waals surface area contributed by atoms with Crippen LogP contribution in [-0.4, -0.2) is 98.9 Å². The van der Waals surface area contributed by atoms with E-state index in [0.717, 1.165) is 21.0 Å². The van der Waals surface area contributed by atoms with Gasteiger partial charge in [-0.15, -0.1) is 0 Å². The lowest BCUT2D eigenvalue weighted by atomic mass is 9.92. The zero-order chi connectivity index (χ0) is 33.2. The number of hydrogen-bond acceptors (Lipinski definition) is 12. The van der Waals surface area contributed by atoms with Crippen LogP contribution in [0.25, 0.3) is 10.4 Å². The third-order valence-corrected chi connectivity index (χ3v) is 6.47. The van der Waals surface area contributed by atoms with E-state index in [2.05, 4.69) is 10.0 Å². The number of methoxy groups -OCH3 is 1. The van der Waals surface area contributed by atoms with Gasteiger partial charge in [0.25, 0.3) is 5.91 Å².